The largest absolute Gasteiger partial charge is 0.383 e. The van der Waals surface area contributed by atoms with E-state index in [0.717, 1.165) is 12.8 Å². The number of methoxy groups -OCH3 is 1. The number of hydrogen-bond acceptors (Lipinski definition) is 6. The SMILES string of the molecule is COCCN(CCCc1ccccc1)C(=O)C1CCCN(S(=O)(=O)c2c(C)noc2C)C1. The van der Waals surface area contributed by atoms with Crippen molar-refractivity contribution in [1.82, 2.24) is 14.4 Å². The van der Waals surface area contributed by atoms with E-state index in [0.29, 0.717) is 44.8 Å². The van der Waals surface area contributed by atoms with E-state index in [2.05, 4.69) is 17.3 Å². The van der Waals surface area contributed by atoms with Gasteiger partial charge in [-0.15, -0.1) is 0 Å². The highest BCUT2D eigenvalue weighted by Gasteiger charge is 2.37. The van der Waals surface area contributed by atoms with Crippen molar-refractivity contribution in [2.45, 2.75) is 44.4 Å². The average Bonchev–Trinajstić information content (AvgIpc) is 3.15. The summed E-state index contributed by atoms with van der Waals surface area (Å²) in [4.78, 5) is 15.3. The van der Waals surface area contributed by atoms with E-state index in [1.807, 2.05) is 23.1 Å². The summed E-state index contributed by atoms with van der Waals surface area (Å²) in [6.07, 6.45) is 3.04. The van der Waals surface area contributed by atoms with Crippen LogP contribution in [0.25, 0.3) is 0 Å². The molecule has 1 aliphatic heterocycles. The molecule has 1 aromatic heterocycles. The Bertz CT molecular complexity index is 971. The molecule has 0 N–H and O–H groups in total. The maximum Gasteiger partial charge on any atom is 0.248 e. The van der Waals surface area contributed by atoms with E-state index in [1.165, 1.54) is 9.87 Å². The minimum Gasteiger partial charge on any atom is -0.383 e. The van der Waals surface area contributed by atoms with Gasteiger partial charge in [-0.1, -0.05) is 35.5 Å². The monoisotopic (exact) mass is 463 g/mol. The van der Waals surface area contributed by atoms with Crippen LogP contribution in [0.4, 0.5) is 0 Å². The van der Waals surface area contributed by atoms with Gasteiger partial charge in [-0.3, -0.25) is 4.79 Å². The van der Waals surface area contributed by atoms with Gasteiger partial charge in [-0.2, -0.15) is 4.31 Å². The molecule has 32 heavy (non-hydrogen) atoms. The molecule has 8 nitrogen and oxygen atoms in total. The Hall–Kier alpha value is -2.23. The lowest BCUT2D eigenvalue weighted by Crippen LogP contribution is -2.47. The summed E-state index contributed by atoms with van der Waals surface area (Å²) in [6, 6.07) is 10.2. The number of aromatic nitrogens is 1. The summed E-state index contributed by atoms with van der Waals surface area (Å²) in [5, 5.41) is 3.78. The summed E-state index contributed by atoms with van der Waals surface area (Å²) >= 11 is 0. The normalized spacial score (nSPS) is 17.4. The van der Waals surface area contributed by atoms with E-state index in [-0.39, 0.29) is 29.0 Å². The first-order chi connectivity index (χ1) is 15.3. The second-order valence-corrected chi connectivity index (χ2v) is 10.1. The van der Waals surface area contributed by atoms with E-state index in [1.54, 1.807) is 21.0 Å². The van der Waals surface area contributed by atoms with Gasteiger partial charge in [0.05, 0.1) is 12.5 Å². The maximum atomic E-state index is 13.4. The summed E-state index contributed by atoms with van der Waals surface area (Å²) in [5.74, 6) is -0.0973. The third-order valence-corrected chi connectivity index (χ3v) is 8.02. The Morgan fingerprint density at radius 3 is 2.66 bits per heavy atom. The number of hydrogen-bond donors (Lipinski definition) is 0. The van der Waals surface area contributed by atoms with Crippen LogP contribution < -0.4 is 0 Å². The molecule has 1 saturated heterocycles. The molecule has 0 saturated carbocycles. The van der Waals surface area contributed by atoms with Crippen molar-refractivity contribution in [3.05, 3.63) is 47.3 Å². The van der Waals surface area contributed by atoms with Crippen molar-refractivity contribution in [3.8, 4) is 0 Å². The molecule has 1 fully saturated rings. The Labute approximate surface area is 190 Å². The van der Waals surface area contributed by atoms with Crippen LogP contribution in [0.15, 0.2) is 39.8 Å². The summed E-state index contributed by atoms with van der Waals surface area (Å²) in [6.45, 7) is 5.34. The number of piperidine rings is 1. The van der Waals surface area contributed by atoms with Crippen molar-refractivity contribution in [1.29, 1.82) is 0 Å². The second kappa shape index (κ2) is 11.1. The smallest absolute Gasteiger partial charge is 0.248 e. The Balaban J connectivity index is 1.67. The van der Waals surface area contributed by atoms with Crippen LogP contribution in [0, 0.1) is 19.8 Å². The van der Waals surface area contributed by atoms with Crippen LogP contribution in [0.5, 0.6) is 0 Å². The molecule has 1 atom stereocenters. The molecule has 1 amide bonds. The standard InChI is InChI=1S/C23H33N3O5S/c1-18-22(19(2)31-24-18)32(28,29)26-14-8-12-21(17-26)23(27)25(15-16-30-3)13-7-11-20-9-5-4-6-10-20/h4-6,9-10,21H,7-8,11-17H2,1-3H3. The molecule has 0 spiro atoms. The van der Waals surface area contributed by atoms with Crippen molar-refractivity contribution in [3.63, 3.8) is 0 Å². The fourth-order valence-corrected chi connectivity index (χ4v) is 6.06. The quantitative estimate of drug-likeness (QED) is 0.538. The van der Waals surface area contributed by atoms with Crippen LogP contribution in [-0.4, -0.2) is 68.6 Å². The van der Waals surface area contributed by atoms with E-state index >= 15 is 0 Å². The van der Waals surface area contributed by atoms with Crippen LogP contribution in [0.3, 0.4) is 0 Å². The predicted molar refractivity (Wildman–Crippen MR) is 121 cm³/mol. The Morgan fingerprint density at radius 1 is 1.25 bits per heavy atom. The third kappa shape index (κ3) is 5.76. The van der Waals surface area contributed by atoms with Crippen LogP contribution in [0.1, 0.15) is 36.3 Å². The van der Waals surface area contributed by atoms with E-state index < -0.39 is 10.0 Å². The van der Waals surface area contributed by atoms with Crippen molar-refractivity contribution < 1.29 is 22.5 Å². The third-order valence-electron chi connectivity index (χ3n) is 5.91. The number of nitrogens with zero attached hydrogens (tertiary/aromatic N) is 3. The fraction of sp³-hybridized carbons (Fsp3) is 0.565. The van der Waals surface area contributed by atoms with Crippen molar-refractivity contribution in [2.24, 2.45) is 5.92 Å². The lowest BCUT2D eigenvalue weighted by Gasteiger charge is -2.34. The van der Waals surface area contributed by atoms with Gasteiger partial charge in [0.2, 0.25) is 15.9 Å². The van der Waals surface area contributed by atoms with Gasteiger partial charge in [0, 0.05) is 33.3 Å². The first-order valence-corrected chi connectivity index (χ1v) is 12.5. The molecule has 0 radical (unpaired) electrons. The van der Waals surface area contributed by atoms with Gasteiger partial charge in [0.15, 0.2) is 5.76 Å². The Kier molecular flexibility index (Phi) is 8.44. The van der Waals surface area contributed by atoms with Crippen molar-refractivity contribution in [2.75, 3.05) is 39.9 Å². The lowest BCUT2D eigenvalue weighted by molar-refractivity contribution is -0.137. The molecule has 1 unspecified atom stereocenters. The molecular formula is C23H33N3O5S. The Morgan fingerprint density at radius 2 is 2.00 bits per heavy atom. The molecule has 1 aromatic carbocycles. The highest BCUT2D eigenvalue weighted by atomic mass is 32.2. The van der Waals surface area contributed by atoms with Crippen LogP contribution in [-0.2, 0) is 26.0 Å². The number of carbonyl (C=O) groups excluding carboxylic acids is 1. The van der Waals surface area contributed by atoms with E-state index in [4.69, 9.17) is 9.26 Å². The van der Waals surface area contributed by atoms with Gasteiger partial charge < -0.3 is 14.2 Å². The molecule has 9 heteroatoms. The average molecular weight is 464 g/mol. The first-order valence-electron chi connectivity index (χ1n) is 11.1. The molecule has 0 aliphatic carbocycles. The topological polar surface area (TPSA) is 93.0 Å². The number of amides is 1. The summed E-state index contributed by atoms with van der Waals surface area (Å²) in [7, 11) is -2.14. The summed E-state index contributed by atoms with van der Waals surface area (Å²) in [5.41, 5.74) is 1.58. The number of aryl methyl sites for hydroxylation is 3. The van der Waals surface area contributed by atoms with Crippen molar-refractivity contribution >= 4 is 15.9 Å². The molecule has 2 aromatic rings. The van der Waals surface area contributed by atoms with Gasteiger partial charge >= 0.3 is 0 Å². The zero-order valence-electron chi connectivity index (χ0n) is 19.1. The van der Waals surface area contributed by atoms with Gasteiger partial charge in [-0.05, 0) is 45.1 Å². The fourth-order valence-electron chi connectivity index (χ4n) is 4.24. The molecule has 3 rings (SSSR count). The predicted octanol–water partition coefficient (Wildman–Crippen LogP) is 2.80. The van der Waals surface area contributed by atoms with Gasteiger partial charge in [0.25, 0.3) is 0 Å². The van der Waals surface area contributed by atoms with Crippen LogP contribution >= 0.6 is 0 Å². The first kappa shape index (κ1) is 24.4. The number of sulfonamides is 1. The number of rotatable bonds is 10. The van der Waals surface area contributed by atoms with Gasteiger partial charge in [0.1, 0.15) is 10.6 Å². The lowest BCUT2D eigenvalue weighted by atomic mass is 9.97. The summed E-state index contributed by atoms with van der Waals surface area (Å²) < 4.78 is 38.1. The number of ether oxygens (including phenoxy) is 1. The number of carbonyl (C=O) groups is 1. The highest BCUT2D eigenvalue weighted by Crippen LogP contribution is 2.28. The van der Waals surface area contributed by atoms with Gasteiger partial charge in [-0.25, -0.2) is 8.42 Å². The minimum atomic E-state index is -3.76. The molecule has 1 aliphatic rings. The number of benzene rings is 1. The second-order valence-electron chi connectivity index (χ2n) is 8.26. The zero-order chi connectivity index (χ0) is 23.1. The van der Waals surface area contributed by atoms with Crippen LogP contribution in [0.2, 0.25) is 0 Å². The molecule has 2 heterocycles. The minimum absolute atomic E-state index is 0.00576. The zero-order valence-corrected chi connectivity index (χ0v) is 19.9. The van der Waals surface area contributed by atoms with E-state index in [9.17, 15) is 13.2 Å². The molecule has 176 valence electrons. The maximum absolute atomic E-state index is 13.4. The highest BCUT2D eigenvalue weighted by molar-refractivity contribution is 7.89. The molecule has 0 bridgehead atoms. The molecular weight excluding hydrogens is 430 g/mol.